The molecule has 2 heterocycles. The molecule has 2 saturated heterocycles. The molecule has 4 unspecified atom stereocenters. The average Bonchev–Trinajstić information content (AvgIpc) is 3.06. The summed E-state index contributed by atoms with van der Waals surface area (Å²) in [5, 5.41) is 20.3. The van der Waals surface area contributed by atoms with Crippen molar-refractivity contribution in [3.8, 4) is 0 Å². The van der Waals surface area contributed by atoms with Crippen molar-refractivity contribution in [3.63, 3.8) is 0 Å². The van der Waals surface area contributed by atoms with Gasteiger partial charge >= 0.3 is 32.6 Å². The maximum absolute atomic E-state index is 13.5. The summed E-state index contributed by atoms with van der Waals surface area (Å²) < 4.78 is 25.5. The molecule has 6 N–H and O–H groups in total. The molecule has 2 saturated carbocycles. The molecule has 14 nitrogen and oxygen atoms in total. The van der Waals surface area contributed by atoms with Gasteiger partial charge in [-0.2, -0.15) is 0 Å². The normalized spacial score (nSPS) is 29.0. The van der Waals surface area contributed by atoms with E-state index < -0.39 is 25.2 Å². The number of urea groups is 2. The summed E-state index contributed by atoms with van der Waals surface area (Å²) in [5.41, 5.74) is -0.502. The van der Waals surface area contributed by atoms with Gasteiger partial charge in [-0.15, -0.1) is 0 Å². The third-order valence-corrected chi connectivity index (χ3v) is 24.6. The van der Waals surface area contributed by atoms with E-state index in [1.54, 1.807) is 0 Å². The van der Waals surface area contributed by atoms with Gasteiger partial charge in [0.1, 0.15) is 12.5 Å². The molecule has 4 rings (SSSR count). The maximum Gasteiger partial charge on any atom is 0.315 e. The molecule has 0 bridgehead atoms. The Kier molecular flexibility index (Phi) is 18.5. The number of amides is 4. The van der Waals surface area contributed by atoms with Gasteiger partial charge in [-0.25, -0.2) is 9.59 Å². The molecule has 0 spiro atoms. The van der Waals surface area contributed by atoms with Crippen LogP contribution >= 0.6 is 0 Å². The van der Waals surface area contributed by atoms with E-state index in [1.807, 2.05) is 13.1 Å². The minimum atomic E-state index is -2.72. The number of hydrogen-bond acceptors (Lipinski definition) is 10. The molecule has 4 atom stereocenters. The van der Waals surface area contributed by atoms with E-state index >= 15 is 0 Å². The fourth-order valence-corrected chi connectivity index (χ4v) is 27.4. The molecule has 0 aromatic heterocycles. The zero-order valence-corrected chi connectivity index (χ0v) is 50.4. The molecule has 2 aliphatic carbocycles. The van der Waals surface area contributed by atoms with Crippen molar-refractivity contribution in [3.05, 3.63) is 0 Å². The van der Waals surface area contributed by atoms with E-state index in [4.69, 9.17) is 17.7 Å². The van der Waals surface area contributed by atoms with Gasteiger partial charge in [0.15, 0.2) is 0 Å². The van der Waals surface area contributed by atoms with Crippen LogP contribution in [0.5, 0.6) is 0 Å². The first-order valence-corrected chi connectivity index (χ1v) is 35.4. The van der Waals surface area contributed by atoms with Crippen molar-refractivity contribution in [1.82, 2.24) is 31.9 Å². The van der Waals surface area contributed by atoms with Gasteiger partial charge in [0, 0.05) is 60.2 Å². The van der Waals surface area contributed by atoms with Gasteiger partial charge in [-0.3, -0.25) is 9.59 Å². The second-order valence-corrected chi connectivity index (χ2v) is 41.4. The highest BCUT2D eigenvalue weighted by molar-refractivity contribution is 6.87. The summed E-state index contributed by atoms with van der Waals surface area (Å²) in [6, 6.07) is -0.0612. The van der Waals surface area contributed by atoms with Crippen molar-refractivity contribution in [2.24, 2.45) is 33.5 Å². The smallest absolute Gasteiger partial charge is 0.315 e. The highest BCUT2D eigenvalue weighted by Gasteiger charge is 2.46. The predicted octanol–water partition coefficient (Wildman–Crippen LogP) is 9.96. The molecule has 0 aromatic rings. The Morgan fingerprint density at radius 2 is 0.783 bits per heavy atom. The van der Waals surface area contributed by atoms with Crippen molar-refractivity contribution in [2.45, 2.75) is 248 Å². The second kappa shape index (κ2) is 21.4. The number of hydrogen-bond donors (Lipinski definition) is 6. The van der Waals surface area contributed by atoms with Crippen molar-refractivity contribution < 1.29 is 36.9 Å². The molecule has 69 heavy (non-hydrogen) atoms. The number of ether oxygens (including phenoxy) is 2. The standard InChI is InChI=1S/C52H102N6O8Si3/c1-45(2)23-37(25-51(13,31-45)33-53-43(61)55-39-27-47(5,6)57-48(7,8)28-39)21-41(59)63-35-67(15,16)65-69(19,20)66-68(17,18)36-64-42(60)22-38-24-46(3,4)32-52(14,26-38)34-54-44(62)56-40-29-49(9,10)58-50(11,12)30-40/h37-40,57-58H,21-36H2,1-20H3,(H2,53,55,61)(H2,54,56,62). The van der Waals surface area contributed by atoms with Gasteiger partial charge in [0.2, 0.25) is 16.6 Å². The molecule has 17 heteroatoms. The number of carbonyl (C=O) groups excluding carboxylic acids is 4. The zero-order chi connectivity index (χ0) is 52.5. The van der Waals surface area contributed by atoms with E-state index in [0.717, 1.165) is 64.2 Å². The molecule has 2 aliphatic heterocycles. The fraction of sp³-hybridized carbons (Fsp3) is 0.923. The maximum atomic E-state index is 13.5. The Morgan fingerprint density at radius 1 is 0.478 bits per heavy atom. The number of rotatable bonds is 18. The van der Waals surface area contributed by atoms with Gasteiger partial charge < -0.3 is 49.6 Å². The van der Waals surface area contributed by atoms with Crippen molar-refractivity contribution in [2.75, 3.05) is 25.5 Å². The van der Waals surface area contributed by atoms with Crippen LogP contribution in [-0.2, 0) is 27.3 Å². The SMILES string of the molecule is CC1(C)CC(CC(=O)OC[Si](C)(C)O[Si](C)(C)O[Si](C)(C)COC(=O)CC2CC(C)(C)CC(C)(CNC(=O)NC3CC(C)(C)NC(C)(C)C3)C2)CC(C)(CNC(=O)NC2CC(C)(C)NC(C)(C)C2)C1. The van der Waals surface area contributed by atoms with E-state index in [1.165, 1.54) is 0 Å². The van der Waals surface area contributed by atoms with Crippen LogP contribution in [0.3, 0.4) is 0 Å². The minimum absolute atomic E-state index is 0.0172. The van der Waals surface area contributed by atoms with E-state index in [-0.39, 0.29) is 104 Å². The van der Waals surface area contributed by atoms with E-state index in [9.17, 15) is 19.2 Å². The quantitative estimate of drug-likeness (QED) is 0.0572. The molecular weight excluding hydrogens is 921 g/mol. The third kappa shape index (κ3) is 20.8. The highest BCUT2D eigenvalue weighted by Crippen LogP contribution is 2.51. The van der Waals surface area contributed by atoms with Gasteiger partial charge in [-0.1, -0.05) is 41.5 Å². The molecule has 4 amide bonds. The lowest BCUT2D eigenvalue weighted by Gasteiger charge is -2.47. The molecule has 4 aliphatic rings. The van der Waals surface area contributed by atoms with Gasteiger partial charge in [0.25, 0.3) is 0 Å². The van der Waals surface area contributed by atoms with Crippen LogP contribution in [0.4, 0.5) is 9.59 Å². The first-order chi connectivity index (χ1) is 31.0. The van der Waals surface area contributed by atoms with Crippen molar-refractivity contribution in [1.29, 1.82) is 0 Å². The predicted molar refractivity (Wildman–Crippen MR) is 286 cm³/mol. The number of nitrogens with one attached hydrogen (secondary N) is 6. The molecular formula is C52H102N6O8Si3. The summed E-state index contributed by atoms with van der Waals surface area (Å²) in [6.45, 7) is 44.4. The lowest BCUT2D eigenvalue weighted by Crippen LogP contribution is -2.63. The first-order valence-electron chi connectivity index (χ1n) is 26.3. The summed E-state index contributed by atoms with van der Waals surface area (Å²) in [4.78, 5) is 53.3. The summed E-state index contributed by atoms with van der Waals surface area (Å²) in [7, 11) is -7.73. The minimum Gasteiger partial charge on any atom is -0.466 e. The molecule has 0 radical (unpaired) electrons. The second-order valence-electron chi connectivity index (χ2n) is 29.4. The summed E-state index contributed by atoms with van der Waals surface area (Å²) in [6.07, 6.45) is 10.0. The summed E-state index contributed by atoms with van der Waals surface area (Å²) >= 11 is 0. The van der Waals surface area contributed by atoms with Crippen LogP contribution in [0.15, 0.2) is 0 Å². The lowest BCUT2D eigenvalue weighted by molar-refractivity contribution is -0.145. The Hall–Kier alpha value is -2.03. The number of carbonyl (C=O) groups is 4. The molecule has 400 valence electrons. The van der Waals surface area contributed by atoms with Crippen LogP contribution in [0.1, 0.15) is 174 Å². The number of esters is 2. The topological polar surface area (TPSA) is 177 Å². The molecule has 4 fully saturated rings. The third-order valence-electron chi connectivity index (χ3n) is 14.6. The van der Waals surface area contributed by atoms with Gasteiger partial charge in [0.05, 0.1) is 0 Å². The molecule has 0 aromatic carbocycles. The monoisotopic (exact) mass is 1020 g/mol. The van der Waals surface area contributed by atoms with Gasteiger partial charge in [-0.05, 0) is 192 Å². The van der Waals surface area contributed by atoms with E-state index in [0.29, 0.717) is 25.9 Å². The zero-order valence-electron chi connectivity index (χ0n) is 47.4. The van der Waals surface area contributed by atoms with Crippen LogP contribution < -0.4 is 31.9 Å². The Bertz CT molecular complexity index is 1660. The highest BCUT2D eigenvalue weighted by atomic mass is 28.5. The van der Waals surface area contributed by atoms with Crippen LogP contribution in [0, 0.1) is 33.5 Å². The first kappa shape index (κ1) is 59.5. The van der Waals surface area contributed by atoms with Crippen LogP contribution in [0.2, 0.25) is 39.3 Å². The fourth-order valence-electron chi connectivity index (χ4n) is 14.7. The van der Waals surface area contributed by atoms with Crippen LogP contribution in [-0.4, -0.2) is 109 Å². The Balaban J connectivity index is 1.20. The Morgan fingerprint density at radius 3 is 1.09 bits per heavy atom. The largest absolute Gasteiger partial charge is 0.466 e. The Labute approximate surface area is 422 Å². The van der Waals surface area contributed by atoms with Crippen LogP contribution in [0.25, 0.3) is 0 Å². The summed E-state index contributed by atoms with van der Waals surface area (Å²) in [5.74, 6) is -0.132. The average molecular weight is 1020 g/mol. The van der Waals surface area contributed by atoms with Crippen molar-refractivity contribution >= 4 is 49.2 Å². The lowest BCUT2D eigenvalue weighted by atomic mass is 9.60. The number of piperidine rings is 2. The van der Waals surface area contributed by atoms with E-state index in [2.05, 4.69) is 155 Å².